The van der Waals surface area contributed by atoms with Gasteiger partial charge in [0.25, 0.3) is 0 Å². The molecule has 1 heterocycles. The Hall–Kier alpha value is -3.38. The number of ether oxygens (including phenoxy) is 2. The average Bonchev–Trinajstić information content (AvgIpc) is 2.76. The fourth-order valence-corrected chi connectivity index (χ4v) is 4.04. The highest BCUT2D eigenvalue weighted by Crippen LogP contribution is 2.40. The van der Waals surface area contributed by atoms with Crippen LogP contribution in [0.25, 0.3) is 0 Å². The molecule has 1 unspecified atom stereocenters. The molecule has 1 N–H and O–H groups in total. The predicted octanol–water partition coefficient (Wildman–Crippen LogP) is 5.27. The standard InChI is InChI=1S/C25H26ClF2N3O4/c1-24(2,3)35-23(33)31-11-14(12-31)30-18-10-9-15(22(32)34-5)19(21(18)28)25(4,13-29)16-7-6-8-17(26)20(16)27/h6-10,14,30H,11-12H2,1-5H3. The summed E-state index contributed by atoms with van der Waals surface area (Å²) in [6.45, 7) is 7.12. The van der Waals surface area contributed by atoms with Crippen LogP contribution in [0.15, 0.2) is 30.3 Å². The van der Waals surface area contributed by atoms with Gasteiger partial charge in [-0.2, -0.15) is 5.26 Å². The normalized spacial score (nSPS) is 15.5. The number of carbonyl (C=O) groups is 2. The van der Waals surface area contributed by atoms with Crippen molar-refractivity contribution in [1.29, 1.82) is 5.26 Å². The summed E-state index contributed by atoms with van der Waals surface area (Å²) in [4.78, 5) is 26.1. The van der Waals surface area contributed by atoms with Crippen molar-refractivity contribution in [3.63, 3.8) is 0 Å². The van der Waals surface area contributed by atoms with Crippen molar-refractivity contribution in [1.82, 2.24) is 4.90 Å². The van der Waals surface area contributed by atoms with E-state index in [9.17, 15) is 19.2 Å². The highest BCUT2D eigenvalue weighted by Gasteiger charge is 2.41. The number of hydrogen-bond acceptors (Lipinski definition) is 6. The van der Waals surface area contributed by atoms with Gasteiger partial charge in [-0.25, -0.2) is 18.4 Å². The number of nitriles is 1. The number of hydrogen-bond donors (Lipinski definition) is 1. The molecule has 1 aliphatic heterocycles. The third-order valence-corrected chi connectivity index (χ3v) is 5.95. The number of nitrogens with one attached hydrogen (secondary N) is 1. The molecule has 0 saturated carbocycles. The zero-order valence-corrected chi connectivity index (χ0v) is 20.8. The number of anilines is 1. The van der Waals surface area contributed by atoms with Crippen LogP contribution < -0.4 is 5.32 Å². The van der Waals surface area contributed by atoms with Crippen molar-refractivity contribution < 1.29 is 27.8 Å². The molecule has 186 valence electrons. The SMILES string of the molecule is COC(=O)c1ccc(NC2CN(C(=O)OC(C)(C)C)C2)c(F)c1C(C)(C#N)c1cccc(Cl)c1F. The lowest BCUT2D eigenvalue weighted by molar-refractivity contribution is 0.0104. The van der Waals surface area contributed by atoms with Gasteiger partial charge in [-0.05, 0) is 45.9 Å². The average molecular weight is 506 g/mol. The van der Waals surface area contributed by atoms with Crippen molar-refractivity contribution in [2.45, 2.75) is 44.8 Å². The topological polar surface area (TPSA) is 91.7 Å². The van der Waals surface area contributed by atoms with Crippen LogP contribution in [0, 0.1) is 23.0 Å². The van der Waals surface area contributed by atoms with Crippen molar-refractivity contribution in [2.75, 3.05) is 25.5 Å². The minimum Gasteiger partial charge on any atom is -0.465 e. The van der Waals surface area contributed by atoms with Crippen LogP contribution in [0.2, 0.25) is 5.02 Å². The van der Waals surface area contributed by atoms with Crippen molar-refractivity contribution in [3.8, 4) is 6.07 Å². The van der Waals surface area contributed by atoms with Gasteiger partial charge < -0.3 is 19.7 Å². The number of halogens is 3. The van der Waals surface area contributed by atoms with Gasteiger partial charge in [0.2, 0.25) is 0 Å². The zero-order valence-electron chi connectivity index (χ0n) is 20.0. The van der Waals surface area contributed by atoms with Crippen LogP contribution in [0.5, 0.6) is 0 Å². The summed E-state index contributed by atoms with van der Waals surface area (Å²) in [6.07, 6.45) is -0.480. The molecule has 0 spiro atoms. The summed E-state index contributed by atoms with van der Waals surface area (Å²) in [5.41, 5.74) is -3.32. The Morgan fingerprint density at radius 2 is 1.80 bits per heavy atom. The third-order valence-electron chi connectivity index (χ3n) is 5.65. The Kier molecular flexibility index (Phi) is 7.27. The number of benzene rings is 2. The molecule has 1 atom stereocenters. The molecule has 0 radical (unpaired) electrons. The Morgan fingerprint density at radius 3 is 2.37 bits per heavy atom. The highest BCUT2D eigenvalue weighted by molar-refractivity contribution is 6.30. The maximum absolute atomic E-state index is 15.9. The first-order valence-electron chi connectivity index (χ1n) is 10.8. The van der Waals surface area contributed by atoms with E-state index < -0.39 is 34.7 Å². The van der Waals surface area contributed by atoms with Gasteiger partial charge in [-0.15, -0.1) is 0 Å². The number of likely N-dealkylation sites (tertiary alicyclic amines) is 1. The van der Waals surface area contributed by atoms with Crippen LogP contribution >= 0.6 is 11.6 Å². The molecule has 10 heteroatoms. The van der Waals surface area contributed by atoms with E-state index in [0.29, 0.717) is 0 Å². The van der Waals surface area contributed by atoms with Crippen LogP contribution in [-0.4, -0.2) is 48.8 Å². The van der Waals surface area contributed by atoms with Crippen molar-refractivity contribution in [3.05, 3.63) is 63.7 Å². The summed E-state index contributed by atoms with van der Waals surface area (Å²) in [6, 6.07) is 8.36. The quantitative estimate of drug-likeness (QED) is 0.557. The first kappa shape index (κ1) is 26.2. The van der Waals surface area contributed by atoms with Crippen molar-refractivity contribution in [2.24, 2.45) is 0 Å². The largest absolute Gasteiger partial charge is 0.465 e. The Labute approximate surface area is 207 Å². The van der Waals surface area contributed by atoms with Gasteiger partial charge in [-0.1, -0.05) is 23.7 Å². The second-order valence-electron chi connectivity index (χ2n) is 9.41. The number of methoxy groups -OCH3 is 1. The van der Waals surface area contributed by atoms with Crippen molar-refractivity contribution >= 4 is 29.4 Å². The molecule has 3 rings (SSSR count). The first-order chi connectivity index (χ1) is 16.3. The third kappa shape index (κ3) is 5.17. The van der Waals surface area contributed by atoms with Gasteiger partial charge in [0, 0.05) is 24.2 Å². The second-order valence-corrected chi connectivity index (χ2v) is 9.81. The molecule has 0 aliphatic carbocycles. The van der Waals surface area contributed by atoms with E-state index in [1.165, 1.54) is 42.2 Å². The monoisotopic (exact) mass is 505 g/mol. The van der Waals surface area contributed by atoms with E-state index in [-0.39, 0.29) is 46.5 Å². The van der Waals surface area contributed by atoms with Gasteiger partial charge >= 0.3 is 12.1 Å². The lowest BCUT2D eigenvalue weighted by Gasteiger charge is -2.40. The van der Waals surface area contributed by atoms with Gasteiger partial charge in [-0.3, -0.25) is 0 Å². The van der Waals surface area contributed by atoms with E-state index >= 15 is 4.39 Å². The summed E-state index contributed by atoms with van der Waals surface area (Å²) in [5, 5.41) is 12.8. The molecule has 35 heavy (non-hydrogen) atoms. The van der Waals surface area contributed by atoms with Gasteiger partial charge in [0.1, 0.15) is 16.8 Å². The smallest absolute Gasteiger partial charge is 0.410 e. The molecule has 1 saturated heterocycles. The summed E-state index contributed by atoms with van der Waals surface area (Å²) in [5.74, 6) is -2.68. The van der Waals surface area contributed by atoms with Crippen LogP contribution in [0.3, 0.4) is 0 Å². The van der Waals surface area contributed by atoms with Gasteiger partial charge in [0.05, 0.1) is 35.5 Å². The van der Waals surface area contributed by atoms with E-state index in [1.807, 2.05) is 6.07 Å². The minimum atomic E-state index is -1.91. The molecule has 0 aromatic heterocycles. The van der Waals surface area contributed by atoms with Crippen LogP contribution in [-0.2, 0) is 14.9 Å². The maximum Gasteiger partial charge on any atom is 0.410 e. The first-order valence-corrected chi connectivity index (χ1v) is 11.2. The fourth-order valence-electron chi connectivity index (χ4n) is 3.86. The van der Waals surface area contributed by atoms with E-state index in [1.54, 1.807) is 20.8 Å². The summed E-state index contributed by atoms with van der Waals surface area (Å²) < 4.78 is 41.0. The molecule has 2 aromatic carbocycles. The lowest BCUT2D eigenvalue weighted by atomic mass is 9.74. The van der Waals surface area contributed by atoms with Gasteiger partial charge in [0.15, 0.2) is 5.82 Å². The number of esters is 1. The lowest BCUT2D eigenvalue weighted by Crippen LogP contribution is -2.58. The van der Waals surface area contributed by atoms with E-state index in [4.69, 9.17) is 21.1 Å². The molecular formula is C25H26ClF2N3O4. The molecule has 1 aliphatic rings. The zero-order chi connectivity index (χ0) is 26.1. The molecule has 2 aromatic rings. The van der Waals surface area contributed by atoms with E-state index in [2.05, 4.69) is 5.32 Å². The Bertz CT molecular complexity index is 1200. The molecule has 1 fully saturated rings. The minimum absolute atomic E-state index is 0.00889. The molecule has 7 nitrogen and oxygen atoms in total. The summed E-state index contributed by atoms with van der Waals surface area (Å²) >= 11 is 5.91. The number of amides is 1. The predicted molar refractivity (Wildman–Crippen MR) is 126 cm³/mol. The van der Waals surface area contributed by atoms with Crippen LogP contribution in [0.4, 0.5) is 19.3 Å². The Balaban J connectivity index is 1.98. The van der Waals surface area contributed by atoms with Crippen LogP contribution in [0.1, 0.15) is 49.2 Å². The molecule has 1 amide bonds. The Morgan fingerprint density at radius 1 is 1.14 bits per heavy atom. The maximum atomic E-state index is 15.9. The number of carbonyl (C=O) groups excluding carboxylic acids is 2. The second kappa shape index (κ2) is 9.70. The molecular weight excluding hydrogens is 480 g/mol. The van der Waals surface area contributed by atoms with E-state index in [0.717, 1.165) is 7.11 Å². The number of rotatable bonds is 5. The summed E-state index contributed by atoms with van der Waals surface area (Å²) in [7, 11) is 1.12. The highest BCUT2D eigenvalue weighted by atomic mass is 35.5. The fraction of sp³-hybridized carbons (Fsp3) is 0.400. The number of nitrogens with zero attached hydrogens (tertiary/aromatic N) is 2. The molecule has 0 bridgehead atoms.